The molecule has 0 saturated heterocycles. The summed E-state index contributed by atoms with van der Waals surface area (Å²) in [5.41, 5.74) is -1.91. The van der Waals surface area contributed by atoms with Crippen molar-refractivity contribution in [2.45, 2.75) is 19.0 Å². The Morgan fingerprint density at radius 2 is 1.92 bits per heavy atom. The van der Waals surface area contributed by atoms with Crippen molar-refractivity contribution in [3.05, 3.63) is 82.1 Å². The highest BCUT2D eigenvalue weighted by Gasteiger charge is 2.47. The van der Waals surface area contributed by atoms with E-state index < -0.39 is 29.3 Å². The van der Waals surface area contributed by atoms with Crippen LogP contribution in [0.3, 0.4) is 0 Å². The van der Waals surface area contributed by atoms with E-state index in [1.54, 1.807) is 6.07 Å². The van der Waals surface area contributed by atoms with E-state index in [0.29, 0.717) is 23.0 Å². The number of aromatic carboxylic acids is 1. The molecule has 12 heteroatoms. The third-order valence-corrected chi connectivity index (χ3v) is 6.47. The number of carboxylic acid groups (broad SMARTS) is 1. The molecule has 2 aromatic carbocycles. The van der Waals surface area contributed by atoms with Crippen molar-refractivity contribution in [3.63, 3.8) is 0 Å². The van der Waals surface area contributed by atoms with Crippen molar-refractivity contribution in [3.8, 4) is 11.3 Å². The molecule has 1 fully saturated rings. The number of hydrogen-bond donors (Lipinski definition) is 2. The predicted molar refractivity (Wildman–Crippen MR) is 137 cm³/mol. The predicted octanol–water partition coefficient (Wildman–Crippen LogP) is 5.79. The fraction of sp³-hybridized carbons (Fsp3) is 0.185. The first kappa shape index (κ1) is 26.2. The summed E-state index contributed by atoms with van der Waals surface area (Å²) in [5.74, 6) is -2.13. The molecule has 2 N–H and O–H groups in total. The smallest absolute Gasteiger partial charge is 0.435 e. The zero-order chi connectivity index (χ0) is 27.9. The van der Waals surface area contributed by atoms with Crippen molar-refractivity contribution in [1.29, 1.82) is 0 Å². The number of rotatable bonds is 7. The third kappa shape index (κ3) is 5.58. The first-order valence-corrected chi connectivity index (χ1v) is 12.1. The van der Waals surface area contributed by atoms with Crippen molar-refractivity contribution in [2.24, 2.45) is 11.0 Å². The SMILES string of the molecule is O=C(O)c1cccc(N2N=C(C(F)(F)F)C(=Cc3ccc(-c4ccc(Cl)c(C(=O)NCC5CC5)c4)o3)C2=O)c1. The minimum atomic E-state index is -4.98. The number of furan rings is 1. The van der Waals surface area contributed by atoms with Crippen LogP contribution in [0.15, 0.2) is 69.7 Å². The van der Waals surface area contributed by atoms with Gasteiger partial charge in [-0.1, -0.05) is 17.7 Å². The summed E-state index contributed by atoms with van der Waals surface area (Å²) in [7, 11) is 0. The van der Waals surface area contributed by atoms with Crippen LogP contribution >= 0.6 is 11.6 Å². The van der Waals surface area contributed by atoms with Gasteiger partial charge in [-0.15, -0.1) is 0 Å². The van der Waals surface area contributed by atoms with Gasteiger partial charge in [0.15, 0.2) is 5.71 Å². The number of carbonyl (C=O) groups excluding carboxylic acids is 2. The van der Waals surface area contributed by atoms with Crippen LogP contribution in [0.2, 0.25) is 5.02 Å². The molecule has 1 aliphatic carbocycles. The van der Waals surface area contributed by atoms with Gasteiger partial charge in [0.2, 0.25) is 0 Å². The molecule has 0 atom stereocenters. The van der Waals surface area contributed by atoms with E-state index in [9.17, 15) is 32.7 Å². The molecule has 8 nitrogen and oxygen atoms in total. The Morgan fingerprint density at radius 1 is 1.15 bits per heavy atom. The van der Waals surface area contributed by atoms with E-state index in [1.807, 2.05) is 0 Å². The van der Waals surface area contributed by atoms with Crippen molar-refractivity contribution in [1.82, 2.24) is 5.32 Å². The van der Waals surface area contributed by atoms with Crippen LogP contribution in [0, 0.1) is 5.92 Å². The molecule has 1 aromatic heterocycles. The number of amides is 2. The molecular weight excluding hydrogens is 539 g/mol. The Morgan fingerprint density at radius 3 is 2.62 bits per heavy atom. The van der Waals surface area contributed by atoms with Gasteiger partial charge in [0.1, 0.15) is 11.5 Å². The molecule has 2 aliphatic rings. The molecule has 3 aromatic rings. The molecule has 0 bridgehead atoms. The van der Waals surface area contributed by atoms with Gasteiger partial charge in [0.05, 0.1) is 27.4 Å². The van der Waals surface area contributed by atoms with Crippen molar-refractivity contribution in [2.75, 3.05) is 11.6 Å². The maximum absolute atomic E-state index is 13.8. The minimum absolute atomic E-state index is 0.0684. The van der Waals surface area contributed by atoms with Gasteiger partial charge in [-0.25, -0.2) is 4.79 Å². The number of nitrogens with zero attached hydrogens (tertiary/aromatic N) is 2. The number of nitrogens with one attached hydrogen (secondary N) is 1. The molecule has 2 amide bonds. The van der Waals surface area contributed by atoms with Crippen LogP contribution in [-0.4, -0.2) is 41.3 Å². The van der Waals surface area contributed by atoms with E-state index >= 15 is 0 Å². The lowest BCUT2D eigenvalue weighted by atomic mass is 10.1. The first-order valence-electron chi connectivity index (χ1n) is 11.7. The maximum Gasteiger partial charge on any atom is 0.435 e. The minimum Gasteiger partial charge on any atom is -0.478 e. The zero-order valence-corrected chi connectivity index (χ0v) is 20.7. The summed E-state index contributed by atoms with van der Waals surface area (Å²) in [6.07, 6.45) is -1.93. The summed E-state index contributed by atoms with van der Waals surface area (Å²) in [6.45, 7) is 0.548. The molecule has 1 aliphatic heterocycles. The van der Waals surface area contributed by atoms with Crippen LogP contribution in [0.1, 0.15) is 39.3 Å². The summed E-state index contributed by atoms with van der Waals surface area (Å²) >= 11 is 6.20. The molecule has 1 saturated carbocycles. The molecule has 2 heterocycles. The zero-order valence-electron chi connectivity index (χ0n) is 20.0. The second-order valence-electron chi connectivity index (χ2n) is 9.03. The van der Waals surface area contributed by atoms with Gasteiger partial charge < -0.3 is 14.8 Å². The Kier molecular flexibility index (Phi) is 6.77. The molecule has 0 unspecified atom stereocenters. The number of anilines is 1. The lowest BCUT2D eigenvalue weighted by molar-refractivity contribution is -0.114. The van der Waals surface area contributed by atoms with E-state index in [2.05, 4.69) is 10.4 Å². The fourth-order valence-corrected chi connectivity index (χ4v) is 4.14. The summed E-state index contributed by atoms with van der Waals surface area (Å²) in [5, 5.41) is 16.2. The second-order valence-corrected chi connectivity index (χ2v) is 9.43. The van der Waals surface area contributed by atoms with E-state index in [4.69, 9.17) is 16.0 Å². The molecule has 39 heavy (non-hydrogen) atoms. The lowest BCUT2D eigenvalue weighted by Crippen LogP contribution is -2.25. The van der Waals surface area contributed by atoms with Crippen molar-refractivity contribution >= 4 is 46.9 Å². The topological polar surface area (TPSA) is 112 Å². The first-order chi connectivity index (χ1) is 18.5. The highest BCUT2D eigenvalue weighted by Crippen LogP contribution is 2.34. The highest BCUT2D eigenvalue weighted by atomic mass is 35.5. The third-order valence-electron chi connectivity index (χ3n) is 6.14. The number of hydrogen-bond acceptors (Lipinski definition) is 5. The Labute approximate surface area is 224 Å². The van der Waals surface area contributed by atoms with Gasteiger partial charge in [0.25, 0.3) is 11.8 Å². The van der Waals surface area contributed by atoms with E-state index in [1.165, 1.54) is 42.5 Å². The van der Waals surface area contributed by atoms with Gasteiger partial charge in [-0.3, -0.25) is 9.59 Å². The van der Waals surface area contributed by atoms with Gasteiger partial charge in [-0.05, 0) is 73.4 Å². The number of halogens is 4. The highest BCUT2D eigenvalue weighted by molar-refractivity contribution is 6.34. The summed E-state index contributed by atoms with van der Waals surface area (Å²) < 4.78 is 47.1. The number of alkyl halides is 3. The van der Waals surface area contributed by atoms with Crippen LogP contribution < -0.4 is 10.3 Å². The Bertz CT molecular complexity index is 1560. The summed E-state index contributed by atoms with van der Waals surface area (Å²) in [6, 6.07) is 12.3. The van der Waals surface area contributed by atoms with Gasteiger partial charge >= 0.3 is 12.1 Å². The normalized spacial score (nSPS) is 16.5. The van der Waals surface area contributed by atoms with Crippen LogP contribution in [0.25, 0.3) is 17.4 Å². The van der Waals surface area contributed by atoms with Crippen LogP contribution in [-0.2, 0) is 4.79 Å². The average molecular weight is 558 g/mol. The number of benzene rings is 2. The van der Waals surface area contributed by atoms with Gasteiger partial charge in [-0.2, -0.15) is 23.3 Å². The maximum atomic E-state index is 13.8. The summed E-state index contributed by atoms with van der Waals surface area (Å²) in [4.78, 5) is 36.8. The standard InChI is InChI=1S/C27H19ClF3N3O5/c28-21-8-6-15(11-19(21)24(35)32-13-14-4-5-14)22-9-7-18(39-22)12-20-23(27(29,30)31)33-34(25(20)36)17-3-1-2-16(10-17)26(37)38/h1-3,6-12,14H,4-5,13H2,(H,32,35)(H,37,38). The molecule has 200 valence electrons. The Hall–Kier alpha value is -4.38. The molecule has 5 rings (SSSR count). The quantitative estimate of drug-likeness (QED) is 0.357. The van der Waals surface area contributed by atoms with Crippen LogP contribution in [0.5, 0.6) is 0 Å². The van der Waals surface area contributed by atoms with Crippen molar-refractivity contribution < 1.29 is 37.1 Å². The van der Waals surface area contributed by atoms with Gasteiger partial charge in [0, 0.05) is 12.1 Å². The average Bonchev–Trinajstić information content (AvgIpc) is 3.51. The molecule has 0 spiro atoms. The molecule has 0 radical (unpaired) electrons. The molecular formula is C27H19ClF3N3O5. The Balaban J connectivity index is 1.44. The number of carboxylic acids is 1. The number of hydrazone groups is 1. The lowest BCUT2D eigenvalue weighted by Gasteiger charge is -2.11. The monoisotopic (exact) mass is 557 g/mol. The number of carbonyl (C=O) groups is 3. The van der Waals surface area contributed by atoms with Crippen LogP contribution in [0.4, 0.5) is 18.9 Å². The second kappa shape index (κ2) is 10.1. The van der Waals surface area contributed by atoms with E-state index in [0.717, 1.165) is 25.0 Å². The van der Waals surface area contributed by atoms with E-state index in [-0.39, 0.29) is 39.3 Å². The largest absolute Gasteiger partial charge is 0.478 e. The fourth-order valence-electron chi connectivity index (χ4n) is 3.93.